The fourth-order valence-corrected chi connectivity index (χ4v) is 1.68. The molecule has 0 fully saturated rings. The van der Waals surface area contributed by atoms with Gasteiger partial charge in [-0.25, -0.2) is 0 Å². The number of hydrogen-bond donors (Lipinski definition) is 0. The number of hydrogen-bond acceptors (Lipinski definition) is 2. The number of allylic oxidation sites excluding steroid dienone is 1. The van der Waals surface area contributed by atoms with Crippen molar-refractivity contribution < 1.29 is 4.42 Å². The van der Waals surface area contributed by atoms with Gasteiger partial charge in [0.05, 0.1) is 6.07 Å². The first-order valence-electron chi connectivity index (χ1n) is 4.93. The Balaban J connectivity index is 2.68. The van der Waals surface area contributed by atoms with Gasteiger partial charge < -0.3 is 4.42 Å². The Morgan fingerprint density at radius 2 is 2.20 bits per heavy atom. The summed E-state index contributed by atoms with van der Waals surface area (Å²) in [5.74, 6) is 0.933. The number of fused-ring (bicyclic) bond motifs is 1. The molecular formula is C13H11NO. The number of para-hydroxylation sites is 1. The molecule has 0 aliphatic heterocycles. The highest BCUT2D eigenvalue weighted by molar-refractivity contribution is 5.88. The maximum Gasteiger partial charge on any atom is 0.134 e. The average Bonchev–Trinajstić information content (AvgIpc) is 2.64. The molecule has 0 spiro atoms. The summed E-state index contributed by atoms with van der Waals surface area (Å²) in [6, 6.07) is 9.87. The van der Waals surface area contributed by atoms with E-state index in [0.717, 1.165) is 28.7 Å². The van der Waals surface area contributed by atoms with Gasteiger partial charge in [-0.2, -0.15) is 5.26 Å². The van der Waals surface area contributed by atoms with E-state index in [-0.39, 0.29) is 0 Å². The molecule has 0 radical (unpaired) electrons. The van der Waals surface area contributed by atoms with E-state index < -0.39 is 0 Å². The predicted molar refractivity (Wildman–Crippen MR) is 60.2 cm³/mol. The maximum atomic E-state index is 8.53. The molecular weight excluding hydrogens is 186 g/mol. The second kappa shape index (κ2) is 4.02. The lowest BCUT2D eigenvalue weighted by atomic mass is 10.1. The van der Waals surface area contributed by atoms with Crippen LogP contribution in [0.25, 0.3) is 17.0 Å². The molecule has 74 valence electrons. The zero-order chi connectivity index (χ0) is 10.7. The molecule has 2 heteroatoms. The van der Waals surface area contributed by atoms with E-state index >= 15 is 0 Å². The van der Waals surface area contributed by atoms with E-state index in [9.17, 15) is 0 Å². The first kappa shape index (κ1) is 9.54. The highest BCUT2D eigenvalue weighted by Crippen LogP contribution is 2.27. The minimum absolute atomic E-state index is 0.833. The van der Waals surface area contributed by atoms with Crippen molar-refractivity contribution in [1.82, 2.24) is 0 Å². The molecule has 2 aromatic rings. The van der Waals surface area contributed by atoms with Crippen LogP contribution in [0.3, 0.4) is 0 Å². The van der Waals surface area contributed by atoms with E-state index in [2.05, 4.69) is 0 Å². The second-order valence-corrected chi connectivity index (χ2v) is 3.25. The van der Waals surface area contributed by atoms with Crippen molar-refractivity contribution in [3.8, 4) is 6.07 Å². The van der Waals surface area contributed by atoms with E-state index in [4.69, 9.17) is 9.68 Å². The summed E-state index contributed by atoms with van der Waals surface area (Å²) < 4.78 is 5.68. The van der Waals surface area contributed by atoms with Gasteiger partial charge in [-0.15, -0.1) is 0 Å². The third kappa shape index (κ3) is 1.64. The minimum atomic E-state index is 0.833. The topological polar surface area (TPSA) is 36.9 Å². The Kier molecular flexibility index (Phi) is 2.55. The SMILES string of the molecule is CCc1oc2ccccc2c1/C=C/C#N. The summed E-state index contributed by atoms with van der Waals surface area (Å²) in [6.07, 6.45) is 4.13. The van der Waals surface area contributed by atoms with Crippen molar-refractivity contribution in [2.45, 2.75) is 13.3 Å². The van der Waals surface area contributed by atoms with Gasteiger partial charge in [-0.3, -0.25) is 0 Å². The molecule has 1 aromatic carbocycles. The first-order valence-corrected chi connectivity index (χ1v) is 4.93. The lowest BCUT2D eigenvalue weighted by Gasteiger charge is -1.91. The zero-order valence-electron chi connectivity index (χ0n) is 8.53. The standard InChI is InChI=1S/C13H11NO/c1-2-12-10(7-5-9-14)11-6-3-4-8-13(11)15-12/h3-8H,2H2,1H3/b7-5+. The monoisotopic (exact) mass is 197 g/mol. The van der Waals surface area contributed by atoms with Gasteiger partial charge >= 0.3 is 0 Å². The van der Waals surface area contributed by atoms with E-state index in [0.29, 0.717) is 0 Å². The van der Waals surface area contributed by atoms with Crippen LogP contribution in [-0.2, 0) is 6.42 Å². The Hall–Kier alpha value is -2.01. The van der Waals surface area contributed by atoms with Crippen LogP contribution < -0.4 is 0 Å². The van der Waals surface area contributed by atoms with Crippen molar-refractivity contribution in [2.24, 2.45) is 0 Å². The summed E-state index contributed by atoms with van der Waals surface area (Å²) in [4.78, 5) is 0. The van der Waals surface area contributed by atoms with Crippen molar-refractivity contribution in [2.75, 3.05) is 0 Å². The van der Waals surface area contributed by atoms with Gasteiger partial charge in [0.25, 0.3) is 0 Å². The molecule has 0 bridgehead atoms. The highest BCUT2D eigenvalue weighted by atomic mass is 16.3. The van der Waals surface area contributed by atoms with Gasteiger partial charge in [-0.1, -0.05) is 25.1 Å². The third-order valence-electron chi connectivity index (χ3n) is 2.36. The smallest absolute Gasteiger partial charge is 0.134 e. The molecule has 0 aliphatic carbocycles. The van der Waals surface area contributed by atoms with Crippen LogP contribution in [0.5, 0.6) is 0 Å². The van der Waals surface area contributed by atoms with E-state index in [1.807, 2.05) is 43.3 Å². The molecule has 0 saturated carbocycles. The third-order valence-corrected chi connectivity index (χ3v) is 2.36. The molecule has 0 atom stereocenters. The fourth-order valence-electron chi connectivity index (χ4n) is 1.68. The molecule has 1 heterocycles. The molecule has 15 heavy (non-hydrogen) atoms. The molecule has 0 amide bonds. The predicted octanol–water partition coefficient (Wildman–Crippen LogP) is 3.53. The summed E-state index contributed by atoms with van der Waals surface area (Å²) in [7, 11) is 0. The molecule has 0 unspecified atom stereocenters. The normalized spacial score (nSPS) is 10.9. The van der Waals surface area contributed by atoms with Crippen molar-refractivity contribution in [1.29, 1.82) is 5.26 Å². The quantitative estimate of drug-likeness (QED) is 0.690. The molecule has 0 N–H and O–H groups in total. The van der Waals surface area contributed by atoms with E-state index in [1.54, 1.807) is 0 Å². The van der Waals surface area contributed by atoms with Crippen LogP contribution >= 0.6 is 0 Å². The molecule has 2 rings (SSSR count). The largest absolute Gasteiger partial charge is 0.460 e. The molecule has 0 aliphatic rings. The highest BCUT2D eigenvalue weighted by Gasteiger charge is 2.08. The van der Waals surface area contributed by atoms with Crippen LogP contribution in [0.2, 0.25) is 0 Å². The number of rotatable bonds is 2. The van der Waals surface area contributed by atoms with Crippen LogP contribution in [0, 0.1) is 11.3 Å². The number of nitrogens with zero attached hydrogens (tertiary/aromatic N) is 1. The number of benzene rings is 1. The first-order chi connectivity index (χ1) is 7.36. The molecule has 2 nitrogen and oxygen atoms in total. The number of nitriles is 1. The van der Waals surface area contributed by atoms with Gasteiger partial charge in [-0.05, 0) is 12.1 Å². The van der Waals surface area contributed by atoms with Crippen LogP contribution in [-0.4, -0.2) is 0 Å². The fraction of sp³-hybridized carbons (Fsp3) is 0.154. The van der Waals surface area contributed by atoms with Gasteiger partial charge in [0, 0.05) is 23.4 Å². The number of furan rings is 1. The minimum Gasteiger partial charge on any atom is -0.460 e. The van der Waals surface area contributed by atoms with Crippen LogP contribution in [0.4, 0.5) is 0 Å². The Labute approximate surface area is 88.4 Å². The van der Waals surface area contributed by atoms with Gasteiger partial charge in [0.15, 0.2) is 0 Å². The number of aryl methyl sites for hydroxylation is 1. The molecule has 0 saturated heterocycles. The van der Waals surface area contributed by atoms with E-state index in [1.165, 1.54) is 6.08 Å². The van der Waals surface area contributed by atoms with Crippen molar-refractivity contribution >= 4 is 17.0 Å². The summed E-state index contributed by atoms with van der Waals surface area (Å²) in [5, 5.41) is 9.60. The van der Waals surface area contributed by atoms with Crippen molar-refractivity contribution in [3.05, 3.63) is 41.7 Å². The Bertz CT molecular complexity index is 543. The maximum absolute atomic E-state index is 8.53. The average molecular weight is 197 g/mol. The Morgan fingerprint density at radius 1 is 1.40 bits per heavy atom. The summed E-state index contributed by atoms with van der Waals surface area (Å²) in [5.41, 5.74) is 1.90. The zero-order valence-corrected chi connectivity index (χ0v) is 8.53. The van der Waals surface area contributed by atoms with Crippen LogP contribution in [0.1, 0.15) is 18.2 Å². The second-order valence-electron chi connectivity index (χ2n) is 3.25. The van der Waals surface area contributed by atoms with Crippen molar-refractivity contribution in [3.63, 3.8) is 0 Å². The lowest BCUT2D eigenvalue weighted by molar-refractivity contribution is 0.556. The summed E-state index contributed by atoms with van der Waals surface area (Å²) >= 11 is 0. The van der Waals surface area contributed by atoms with Crippen LogP contribution in [0.15, 0.2) is 34.8 Å². The van der Waals surface area contributed by atoms with Gasteiger partial charge in [0.1, 0.15) is 11.3 Å². The summed E-state index contributed by atoms with van der Waals surface area (Å²) in [6.45, 7) is 2.04. The lowest BCUT2D eigenvalue weighted by Crippen LogP contribution is -1.78. The molecule has 1 aromatic heterocycles. The van der Waals surface area contributed by atoms with Gasteiger partial charge in [0.2, 0.25) is 0 Å². The Morgan fingerprint density at radius 3 is 2.93 bits per heavy atom.